The molecule has 1 saturated heterocycles. The van der Waals surface area contributed by atoms with Gasteiger partial charge < -0.3 is 25.4 Å². The highest BCUT2D eigenvalue weighted by molar-refractivity contribution is 6.32. The normalized spacial score (nSPS) is 16.7. The number of benzene rings is 1. The number of carbonyl (C=O) groups is 1. The molecular weight excluding hydrogens is 318 g/mol. The van der Waals surface area contributed by atoms with E-state index in [-0.39, 0.29) is 12.6 Å². The van der Waals surface area contributed by atoms with Gasteiger partial charge in [-0.1, -0.05) is 18.0 Å². The second-order valence-electron chi connectivity index (χ2n) is 5.70. The van der Waals surface area contributed by atoms with Gasteiger partial charge in [-0.05, 0) is 44.1 Å². The molecule has 0 radical (unpaired) electrons. The van der Waals surface area contributed by atoms with Crippen LogP contribution in [0.15, 0.2) is 18.2 Å². The Morgan fingerprint density at radius 3 is 2.78 bits per heavy atom. The average molecular weight is 342 g/mol. The van der Waals surface area contributed by atoms with E-state index in [1.807, 2.05) is 0 Å². The average Bonchev–Trinajstić information content (AvgIpc) is 2.54. The van der Waals surface area contributed by atoms with Crippen molar-refractivity contribution in [1.82, 2.24) is 10.2 Å². The Balaban J connectivity index is 1.72. The van der Waals surface area contributed by atoms with Gasteiger partial charge in [0.2, 0.25) is 0 Å². The molecule has 2 amide bonds. The maximum Gasteiger partial charge on any atom is 0.319 e. The van der Waals surface area contributed by atoms with Gasteiger partial charge in [-0.2, -0.15) is 0 Å². The van der Waals surface area contributed by atoms with Crippen molar-refractivity contribution in [1.29, 1.82) is 0 Å². The Hall–Kier alpha value is -1.50. The third-order valence-electron chi connectivity index (χ3n) is 3.83. The number of β-amino-alcohol motifs (C(OH)–C–C–N with tert-alkyl or cyclic N) is 1. The zero-order valence-electron chi connectivity index (χ0n) is 13.3. The van der Waals surface area contributed by atoms with Crippen molar-refractivity contribution in [2.75, 3.05) is 38.6 Å². The number of urea groups is 1. The second-order valence-corrected chi connectivity index (χ2v) is 6.11. The first kappa shape index (κ1) is 17.8. The largest absolute Gasteiger partial charge is 0.495 e. The number of aliphatic hydroxyl groups is 1. The summed E-state index contributed by atoms with van der Waals surface area (Å²) in [7, 11) is 1.53. The van der Waals surface area contributed by atoms with E-state index in [4.69, 9.17) is 16.3 Å². The van der Waals surface area contributed by atoms with Crippen LogP contribution in [-0.4, -0.2) is 55.4 Å². The van der Waals surface area contributed by atoms with Crippen LogP contribution < -0.4 is 15.4 Å². The van der Waals surface area contributed by atoms with Crippen LogP contribution in [0.25, 0.3) is 0 Å². The summed E-state index contributed by atoms with van der Waals surface area (Å²) < 4.78 is 5.06. The zero-order valence-corrected chi connectivity index (χ0v) is 14.1. The number of piperidine rings is 1. The summed E-state index contributed by atoms with van der Waals surface area (Å²) in [6.45, 7) is 2.85. The highest BCUT2D eigenvalue weighted by atomic mass is 35.5. The van der Waals surface area contributed by atoms with Crippen molar-refractivity contribution < 1.29 is 14.6 Å². The number of aliphatic hydroxyl groups excluding tert-OH is 1. The van der Waals surface area contributed by atoms with E-state index in [9.17, 15) is 9.90 Å². The van der Waals surface area contributed by atoms with Crippen LogP contribution >= 0.6 is 11.6 Å². The lowest BCUT2D eigenvalue weighted by atomic mass is 10.1. The predicted molar refractivity (Wildman–Crippen MR) is 91.3 cm³/mol. The number of hydrogen-bond acceptors (Lipinski definition) is 4. The molecule has 1 heterocycles. The number of nitrogens with zero attached hydrogens (tertiary/aromatic N) is 1. The zero-order chi connectivity index (χ0) is 16.7. The molecule has 1 aromatic carbocycles. The summed E-state index contributed by atoms with van der Waals surface area (Å²) in [5.74, 6) is 0.551. The number of ether oxygens (including phenoxy) is 1. The minimum atomic E-state index is -0.571. The number of likely N-dealkylation sites (tertiary alicyclic amines) is 1. The molecule has 0 aliphatic carbocycles. The highest BCUT2D eigenvalue weighted by Gasteiger charge is 2.15. The lowest BCUT2D eigenvalue weighted by Gasteiger charge is -2.28. The van der Waals surface area contributed by atoms with Gasteiger partial charge in [0, 0.05) is 18.8 Å². The number of amides is 2. The van der Waals surface area contributed by atoms with Crippen LogP contribution in [0, 0.1) is 0 Å². The fraction of sp³-hybridized carbons (Fsp3) is 0.562. The molecule has 1 aliphatic rings. The minimum absolute atomic E-state index is 0.215. The monoisotopic (exact) mass is 341 g/mol. The number of rotatable bonds is 6. The number of anilines is 1. The quantitative estimate of drug-likeness (QED) is 0.742. The smallest absolute Gasteiger partial charge is 0.319 e. The molecule has 23 heavy (non-hydrogen) atoms. The molecule has 1 fully saturated rings. The summed E-state index contributed by atoms with van der Waals surface area (Å²) >= 11 is 6.01. The van der Waals surface area contributed by atoms with E-state index in [1.165, 1.54) is 26.4 Å². The van der Waals surface area contributed by atoms with Crippen LogP contribution in [-0.2, 0) is 0 Å². The Bertz CT molecular complexity index is 521. The van der Waals surface area contributed by atoms with Crippen LogP contribution in [0.4, 0.5) is 10.5 Å². The molecule has 6 nitrogen and oxygen atoms in total. The lowest BCUT2D eigenvalue weighted by molar-refractivity contribution is 0.102. The Morgan fingerprint density at radius 2 is 2.13 bits per heavy atom. The molecule has 0 bridgehead atoms. The fourth-order valence-electron chi connectivity index (χ4n) is 2.63. The molecule has 2 rings (SSSR count). The molecule has 0 spiro atoms. The standard InChI is InChI=1S/C16H24ClN3O3/c1-23-15-6-5-12(9-14(15)17)19-16(22)18-10-13(21)11-20-7-3-2-4-8-20/h5-6,9,13,21H,2-4,7-8,10-11H2,1H3,(H2,18,19,22). The number of carbonyl (C=O) groups excluding carboxylic acids is 1. The van der Waals surface area contributed by atoms with Crippen molar-refractivity contribution in [2.24, 2.45) is 0 Å². The first-order valence-electron chi connectivity index (χ1n) is 7.87. The van der Waals surface area contributed by atoms with E-state index in [0.29, 0.717) is 23.0 Å². The molecule has 0 aromatic heterocycles. The topological polar surface area (TPSA) is 73.8 Å². The van der Waals surface area contributed by atoms with Crippen molar-refractivity contribution in [2.45, 2.75) is 25.4 Å². The Kier molecular flexibility index (Phi) is 6.95. The van der Waals surface area contributed by atoms with Crippen LogP contribution in [0.3, 0.4) is 0 Å². The SMILES string of the molecule is COc1ccc(NC(=O)NCC(O)CN2CCCCC2)cc1Cl. The highest BCUT2D eigenvalue weighted by Crippen LogP contribution is 2.27. The van der Waals surface area contributed by atoms with E-state index in [2.05, 4.69) is 15.5 Å². The van der Waals surface area contributed by atoms with E-state index < -0.39 is 6.10 Å². The first-order valence-corrected chi connectivity index (χ1v) is 8.25. The Labute approximate surface area is 141 Å². The van der Waals surface area contributed by atoms with Gasteiger partial charge in [0.1, 0.15) is 5.75 Å². The fourth-order valence-corrected chi connectivity index (χ4v) is 2.89. The lowest BCUT2D eigenvalue weighted by Crippen LogP contribution is -2.42. The Morgan fingerprint density at radius 1 is 1.39 bits per heavy atom. The molecule has 1 aromatic rings. The molecular formula is C16H24ClN3O3. The van der Waals surface area contributed by atoms with Crippen molar-refractivity contribution in [3.05, 3.63) is 23.2 Å². The van der Waals surface area contributed by atoms with Crippen LogP contribution in [0.5, 0.6) is 5.75 Å². The van der Waals surface area contributed by atoms with Gasteiger partial charge in [-0.25, -0.2) is 4.79 Å². The summed E-state index contributed by atoms with van der Waals surface area (Å²) in [5.41, 5.74) is 0.568. The van der Waals surface area contributed by atoms with E-state index in [0.717, 1.165) is 13.1 Å². The minimum Gasteiger partial charge on any atom is -0.495 e. The molecule has 3 N–H and O–H groups in total. The maximum atomic E-state index is 11.9. The number of halogens is 1. The van der Waals surface area contributed by atoms with Gasteiger partial charge in [-0.15, -0.1) is 0 Å². The van der Waals surface area contributed by atoms with Crippen LogP contribution in [0.1, 0.15) is 19.3 Å². The van der Waals surface area contributed by atoms with Gasteiger partial charge in [0.05, 0.1) is 18.2 Å². The van der Waals surface area contributed by atoms with Gasteiger partial charge in [-0.3, -0.25) is 0 Å². The molecule has 7 heteroatoms. The summed E-state index contributed by atoms with van der Waals surface area (Å²) in [6.07, 6.45) is 3.05. The van der Waals surface area contributed by atoms with Gasteiger partial charge in [0.15, 0.2) is 0 Å². The number of hydrogen-bond donors (Lipinski definition) is 3. The van der Waals surface area contributed by atoms with Crippen molar-refractivity contribution in [3.63, 3.8) is 0 Å². The number of methoxy groups -OCH3 is 1. The third-order valence-corrected chi connectivity index (χ3v) is 4.12. The van der Waals surface area contributed by atoms with Crippen molar-refractivity contribution in [3.8, 4) is 5.75 Å². The van der Waals surface area contributed by atoms with Gasteiger partial charge in [0.25, 0.3) is 0 Å². The van der Waals surface area contributed by atoms with Crippen molar-refractivity contribution >= 4 is 23.3 Å². The van der Waals surface area contributed by atoms with Crippen LogP contribution in [0.2, 0.25) is 5.02 Å². The molecule has 1 aliphatic heterocycles. The molecule has 128 valence electrons. The van der Waals surface area contributed by atoms with E-state index >= 15 is 0 Å². The molecule has 1 unspecified atom stereocenters. The third kappa shape index (κ3) is 5.89. The second kappa shape index (κ2) is 8.96. The molecule has 1 atom stereocenters. The van der Waals surface area contributed by atoms with Gasteiger partial charge >= 0.3 is 6.03 Å². The number of nitrogens with one attached hydrogen (secondary N) is 2. The van der Waals surface area contributed by atoms with E-state index in [1.54, 1.807) is 18.2 Å². The molecule has 0 saturated carbocycles. The summed E-state index contributed by atoms with van der Waals surface area (Å²) in [5, 5.41) is 15.8. The maximum absolute atomic E-state index is 11.9. The first-order chi connectivity index (χ1) is 11.1. The summed E-state index contributed by atoms with van der Waals surface area (Å²) in [6, 6.07) is 4.63. The predicted octanol–water partition coefficient (Wildman–Crippen LogP) is 2.32. The summed E-state index contributed by atoms with van der Waals surface area (Å²) in [4.78, 5) is 14.1.